The highest BCUT2D eigenvalue weighted by molar-refractivity contribution is 6.31. The highest BCUT2D eigenvalue weighted by Crippen LogP contribution is 2.26. The number of nitrogens with zero attached hydrogens (tertiary/aromatic N) is 2. The molecule has 2 rings (SSSR count). The summed E-state index contributed by atoms with van der Waals surface area (Å²) in [6, 6.07) is 7.58. The van der Waals surface area contributed by atoms with Crippen LogP contribution in [0.2, 0.25) is 5.02 Å². The zero-order chi connectivity index (χ0) is 15.2. The van der Waals surface area contributed by atoms with E-state index in [2.05, 4.69) is 23.9 Å². The first-order chi connectivity index (χ1) is 10.1. The quantitative estimate of drug-likeness (QED) is 0.875. The summed E-state index contributed by atoms with van der Waals surface area (Å²) >= 11 is 6.13. The van der Waals surface area contributed by atoms with Crippen LogP contribution in [0.5, 0.6) is 0 Å². The molecule has 0 radical (unpaired) electrons. The van der Waals surface area contributed by atoms with Crippen LogP contribution >= 0.6 is 11.6 Å². The predicted molar refractivity (Wildman–Crippen MR) is 88.7 cm³/mol. The molecule has 0 bridgehead atoms. The summed E-state index contributed by atoms with van der Waals surface area (Å²) in [5, 5.41) is 10.9. The Kier molecular flexibility index (Phi) is 6.49. The summed E-state index contributed by atoms with van der Waals surface area (Å²) in [6.45, 7) is 4.43. The highest BCUT2D eigenvalue weighted by atomic mass is 35.5. The van der Waals surface area contributed by atoms with Gasteiger partial charge in [0.2, 0.25) is 0 Å². The third kappa shape index (κ3) is 5.26. The summed E-state index contributed by atoms with van der Waals surface area (Å²) in [4.78, 5) is 4.74. The number of likely N-dealkylation sites (tertiary alicyclic amines) is 1. The molecule has 1 aromatic carbocycles. The molecule has 1 heterocycles. The fraction of sp³-hybridized carbons (Fsp3) is 0.647. The van der Waals surface area contributed by atoms with Crippen LogP contribution in [0.1, 0.15) is 30.9 Å². The number of piperidine rings is 1. The van der Waals surface area contributed by atoms with E-state index < -0.39 is 6.10 Å². The van der Waals surface area contributed by atoms with Crippen molar-refractivity contribution >= 4 is 11.6 Å². The Labute approximate surface area is 133 Å². The molecule has 1 aliphatic rings. The number of benzene rings is 1. The van der Waals surface area contributed by atoms with Crippen molar-refractivity contribution in [3.8, 4) is 0 Å². The van der Waals surface area contributed by atoms with Gasteiger partial charge < -0.3 is 14.9 Å². The van der Waals surface area contributed by atoms with Crippen LogP contribution in [-0.4, -0.2) is 55.2 Å². The largest absolute Gasteiger partial charge is 0.388 e. The fourth-order valence-electron chi connectivity index (χ4n) is 3.11. The van der Waals surface area contributed by atoms with Crippen molar-refractivity contribution in [2.24, 2.45) is 5.92 Å². The first-order valence-electron chi connectivity index (χ1n) is 7.86. The molecule has 0 aliphatic carbocycles. The minimum Gasteiger partial charge on any atom is -0.388 e. The van der Waals surface area contributed by atoms with E-state index in [0.29, 0.717) is 5.02 Å². The summed E-state index contributed by atoms with van der Waals surface area (Å²) in [5.74, 6) is 0.824. The molecule has 21 heavy (non-hydrogen) atoms. The normalized spacial score (nSPS) is 19.1. The van der Waals surface area contributed by atoms with E-state index in [9.17, 15) is 5.11 Å². The zero-order valence-corrected chi connectivity index (χ0v) is 13.9. The number of hydrogen-bond donors (Lipinski definition) is 1. The fourth-order valence-corrected chi connectivity index (χ4v) is 3.38. The Balaban J connectivity index is 1.73. The van der Waals surface area contributed by atoms with Gasteiger partial charge in [-0.15, -0.1) is 0 Å². The smallest absolute Gasteiger partial charge is 0.0816 e. The van der Waals surface area contributed by atoms with Gasteiger partial charge in [-0.25, -0.2) is 0 Å². The van der Waals surface area contributed by atoms with Crippen LogP contribution < -0.4 is 0 Å². The van der Waals surface area contributed by atoms with Gasteiger partial charge in [0.25, 0.3) is 0 Å². The molecule has 1 atom stereocenters. The Morgan fingerprint density at radius 1 is 1.29 bits per heavy atom. The van der Waals surface area contributed by atoms with Crippen molar-refractivity contribution < 1.29 is 5.11 Å². The van der Waals surface area contributed by atoms with Crippen molar-refractivity contribution in [1.29, 1.82) is 0 Å². The lowest BCUT2D eigenvalue weighted by Crippen LogP contribution is -2.37. The summed E-state index contributed by atoms with van der Waals surface area (Å²) in [5.41, 5.74) is 0.849. The minimum atomic E-state index is -0.460. The SMILES string of the molecule is CN(C)CC1CCN(CCC(O)c2ccccc2Cl)CC1. The molecule has 4 heteroatoms. The van der Waals surface area contributed by atoms with Gasteiger partial charge in [0, 0.05) is 18.1 Å². The number of rotatable bonds is 6. The average Bonchev–Trinajstić information content (AvgIpc) is 2.46. The van der Waals surface area contributed by atoms with Crippen LogP contribution in [0.4, 0.5) is 0 Å². The first kappa shape index (κ1) is 16.8. The first-order valence-corrected chi connectivity index (χ1v) is 8.23. The Bertz CT molecular complexity index is 431. The number of aliphatic hydroxyl groups is 1. The van der Waals surface area contributed by atoms with Crippen molar-refractivity contribution in [1.82, 2.24) is 9.80 Å². The maximum absolute atomic E-state index is 10.3. The standard InChI is InChI=1S/C17H27ClN2O/c1-19(2)13-14-7-10-20(11-8-14)12-9-17(21)15-5-3-4-6-16(15)18/h3-6,14,17,21H,7-13H2,1-2H3. The molecule has 3 nitrogen and oxygen atoms in total. The number of hydrogen-bond acceptors (Lipinski definition) is 3. The molecular weight excluding hydrogens is 284 g/mol. The lowest BCUT2D eigenvalue weighted by atomic mass is 9.96. The molecule has 118 valence electrons. The van der Waals surface area contributed by atoms with Crippen molar-refractivity contribution in [3.05, 3.63) is 34.9 Å². The van der Waals surface area contributed by atoms with Gasteiger partial charge in [0.15, 0.2) is 0 Å². The van der Waals surface area contributed by atoms with Crippen LogP contribution in [0.15, 0.2) is 24.3 Å². The summed E-state index contributed by atoms with van der Waals surface area (Å²) < 4.78 is 0. The zero-order valence-electron chi connectivity index (χ0n) is 13.1. The van der Waals surface area contributed by atoms with E-state index in [1.165, 1.54) is 19.4 Å². The molecule has 1 aromatic rings. The van der Waals surface area contributed by atoms with Gasteiger partial charge >= 0.3 is 0 Å². The highest BCUT2D eigenvalue weighted by Gasteiger charge is 2.20. The van der Waals surface area contributed by atoms with E-state index in [1.54, 1.807) is 0 Å². The van der Waals surface area contributed by atoms with Crippen LogP contribution in [0.25, 0.3) is 0 Å². The third-order valence-corrected chi connectivity index (χ3v) is 4.66. The monoisotopic (exact) mass is 310 g/mol. The van der Waals surface area contributed by atoms with Gasteiger partial charge in [-0.2, -0.15) is 0 Å². The number of halogens is 1. The molecular formula is C17H27ClN2O. The molecule has 0 spiro atoms. The number of aliphatic hydroxyl groups excluding tert-OH is 1. The second-order valence-electron chi connectivity index (χ2n) is 6.37. The van der Waals surface area contributed by atoms with Crippen molar-refractivity contribution in [3.63, 3.8) is 0 Å². The van der Waals surface area contributed by atoms with Crippen LogP contribution in [0, 0.1) is 5.92 Å². The van der Waals surface area contributed by atoms with Crippen LogP contribution in [-0.2, 0) is 0 Å². The maximum atomic E-state index is 10.3. The molecule has 0 saturated carbocycles. The lowest BCUT2D eigenvalue weighted by Gasteiger charge is -2.33. The van der Waals surface area contributed by atoms with Crippen LogP contribution in [0.3, 0.4) is 0 Å². The predicted octanol–water partition coefficient (Wildman–Crippen LogP) is 3.04. The second kappa shape index (κ2) is 8.14. The Morgan fingerprint density at radius 2 is 1.95 bits per heavy atom. The molecule has 1 N–H and O–H groups in total. The third-order valence-electron chi connectivity index (χ3n) is 4.31. The van der Waals surface area contributed by atoms with E-state index in [-0.39, 0.29) is 0 Å². The Morgan fingerprint density at radius 3 is 2.57 bits per heavy atom. The summed E-state index contributed by atoms with van der Waals surface area (Å²) in [6.07, 6.45) is 2.82. The van der Waals surface area contributed by atoms with Gasteiger partial charge in [0.05, 0.1) is 6.10 Å². The topological polar surface area (TPSA) is 26.7 Å². The minimum absolute atomic E-state index is 0.460. The average molecular weight is 311 g/mol. The lowest BCUT2D eigenvalue weighted by molar-refractivity contribution is 0.117. The van der Waals surface area contributed by atoms with E-state index in [1.807, 2.05) is 24.3 Å². The molecule has 1 unspecified atom stereocenters. The van der Waals surface area contributed by atoms with Gasteiger partial charge in [-0.1, -0.05) is 29.8 Å². The summed E-state index contributed by atoms with van der Waals surface area (Å²) in [7, 11) is 4.29. The van der Waals surface area contributed by atoms with Crippen molar-refractivity contribution in [2.75, 3.05) is 40.3 Å². The molecule has 1 fully saturated rings. The van der Waals surface area contributed by atoms with Gasteiger partial charge in [0.1, 0.15) is 0 Å². The van der Waals surface area contributed by atoms with Crippen molar-refractivity contribution in [2.45, 2.75) is 25.4 Å². The van der Waals surface area contributed by atoms with E-state index in [0.717, 1.165) is 37.5 Å². The second-order valence-corrected chi connectivity index (χ2v) is 6.78. The molecule has 1 aliphatic heterocycles. The van der Waals surface area contributed by atoms with Gasteiger partial charge in [-0.3, -0.25) is 0 Å². The maximum Gasteiger partial charge on any atom is 0.0816 e. The van der Waals surface area contributed by atoms with E-state index in [4.69, 9.17) is 11.6 Å². The molecule has 1 saturated heterocycles. The van der Waals surface area contributed by atoms with Gasteiger partial charge in [-0.05, 0) is 64.0 Å². The molecule has 0 aromatic heterocycles. The van der Waals surface area contributed by atoms with E-state index >= 15 is 0 Å². The molecule has 0 amide bonds. The Hall–Kier alpha value is -0.610.